The van der Waals surface area contributed by atoms with E-state index in [-0.39, 0.29) is 11.8 Å². The molecule has 0 fully saturated rings. The van der Waals surface area contributed by atoms with E-state index >= 15 is 0 Å². The molecule has 0 amide bonds. The topological polar surface area (TPSA) is 61.0 Å². The first-order valence-electron chi connectivity index (χ1n) is 7.34. The lowest BCUT2D eigenvalue weighted by Gasteiger charge is -2.21. The third kappa shape index (κ3) is 3.39. The van der Waals surface area contributed by atoms with Crippen LogP contribution >= 0.6 is 0 Å². The molecule has 0 spiro atoms. The maximum atomic E-state index is 13.1. The Morgan fingerprint density at radius 2 is 1.61 bits per heavy atom. The van der Waals surface area contributed by atoms with Crippen molar-refractivity contribution in [2.75, 3.05) is 5.73 Å². The van der Waals surface area contributed by atoms with E-state index in [1.807, 2.05) is 39.0 Å². The fraction of sp³-hybridized carbons (Fsp3) is 0.222. The summed E-state index contributed by atoms with van der Waals surface area (Å²) in [7, 11) is 0. The van der Waals surface area contributed by atoms with Crippen molar-refractivity contribution in [1.82, 2.24) is 9.97 Å². The molecule has 0 saturated heterocycles. The molecular weight excluding hydrogens is 293 g/mol. The smallest absolute Gasteiger partial charge is 0.226 e. The van der Waals surface area contributed by atoms with E-state index in [1.54, 1.807) is 12.1 Å². The number of hydrogen-bond donors (Lipinski definition) is 1. The first kappa shape index (κ1) is 15.2. The summed E-state index contributed by atoms with van der Waals surface area (Å²) in [6.45, 7) is 5.84. The molecular formula is C18H18FN3O. The Labute approximate surface area is 134 Å². The number of nitrogens with zero attached hydrogens (tertiary/aromatic N) is 2. The van der Waals surface area contributed by atoms with Crippen molar-refractivity contribution in [1.29, 1.82) is 0 Å². The Morgan fingerprint density at radius 1 is 0.957 bits per heavy atom. The highest BCUT2D eigenvalue weighted by atomic mass is 19.1. The average Bonchev–Trinajstić information content (AvgIpc) is 2.46. The van der Waals surface area contributed by atoms with Crippen LogP contribution in [0.3, 0.4) is 0 Å². The van der Waals surface area contributed by atoms with Crippen LogP contribution in [0.2, 0.25) is 0 Å². The number of fused-ring (bicyclic) bond motifs is 1. The fourth-order valence-electron chi connectivity index (χ4n) is 2.31. The molecule has 3 aromatic rings. The summed E-state index contributed by atoms with van der Waals surface area (Å²) in [6, 6.07) is 12.1. The third-order valence-electron chi connectivity index (χ3n) is 3.26. The van der Waals surface area contributed by atoms with Crippen LogP contribution in [0.4, 0.5) is 10.3 Å². The van der Waals surface area contributed by atoms with Crippen LogP contribution in [0.5, 0.6) is 5.88 Å². The fourth-order valence-corrected chi connectivity index (χ4v) is 2.31. The highest BCUT2D eigenvalue weighted by Crippen LogP contribution is 2.30. The van der Waals surface area contributed by atoms with Gasteiger partial charge in [-0.25, -0.2) is 9.37 Å². The quantitative estimate of drug-likeness (QED) is 0.770. The second kappa shape index (κ2) is 5.50. The molecule has 2 aromatic carbocycles. The number of rotatable bonds is 2. The van der Waals surface area contributed by atoms with Gasteiger partial charge in [0.15, 0.2) is 0 Å². The van der Waals surface area contributed by atoms with Crippen LogP contribution in [0.15, 0.2) is 42.5 Å². The molecule has 0 atom stereocenters. The van der Waals surface area contributed by atoms with Gasteiger partial charge in [0, 0.05) is 0 Å². The van der Waals surface area contributed by atoms with Crippen molar-refractivity contribution in [2.45, 2.75) is 26.4 Å². The van der Waals surface area contributed by atoms with Crippen molar-refractivity contribution in [3.8, 4) is 17.0 Å². The first-order chi connectivity index (χ1) is 10.8. The van der Waals surface area contributed by atoms with Gasteiger partial charge in [-0.1, -0.05) is 18.2 Å². The molecule has 0 unspecified atom stereocenters. The molecule has 2 N–H and O–H groups in total. The minimum atomic E-state index is -0.403. The van der Waals surface area contributed by atoms with Gasteiger partial charge in [0.1, 0.15) is 11.4 Å². The molecule has 5 heteroatoms. The number of nitrogens with two attached hydrogens (primary N) is 1. The van der Waals surface area contributed by atoms with Gasteiger partial charge in [0.2, 0.25) is 11.8 Å². The van der Waals surface area contributed by atoms with Crippen molar-refractivity contribution < 1.29 is 9.13 Å². The second-order valence-corrected chi connectivity index (χ2v) is 6.34. The molecule has 0 aliphatic rings. The van der Waals surface area contributed by atoms with Crippen LogP contribution in [0.1, 0.15) is 20.8 Å². The summed E-state index contributed by atoms with van der Waals surface area (Å²) in [5.41, 5.74) is 7.92. The summed E-state index contributed by atoms with van der Waals surface area (Å²) in [6.07, 6.45) is 0. The molecule has 1 aromatic heterocycles. The van der Waals surface area contributed by atoms with Crippen molar-refractivity contribution >= 4 is 16.9 Å². The summed E-state index contributed by atoms with van der Waals surface area (Å²) in [5.74, 6) is 0.359. The number of aromatic nitrogens is 2. The van der Waals surface area contributed by atoms with Crippen LogP contribution in [0.25, 0.3) is 22.0 Å². The van der Waals surface area contributed by atoms with Crippen LogP contribution in [-0.2, 0) is 0 Å². The predicted molar refractivity (Wildman–Crippen MR) is 89.7 cm³/mol. The van der Waals surface area contributed by atoms with E-state index in [1.165, 1.54) is 12.1 Å². The summed E-state index contributed by atoms with van der Waals surface area (Å²) < 4.78 is 19.0. The maximum Gasteiger partial charge on any atom is 0.226 e. The largest absolute Gasteiger partial charge is 0.471 e. The lowest BCUT2D eigenvalue weighted by molar-refractivity contribution is 0.126. The normalized spacial score (nSPS) is 11.7. The first-order valence-corrected chi connectivity index (χ1v) is 7.34. The number of anilines is 1. The second-order valence-electron chi connectivity index (χ2n) is 6.34. The van der Waals surface area contributed by atoms with Crippen LogP contribution in [-0.4, -0.2) is 15.6 Å². The van der Waals surface area contributed by atoms with Gasteiger partial charge < -0.3 is 10.5 Å². The van der Waals surface area contributed by atoms with Gasteiger partial charge in [0.25, 0.3) is 0 Å². The van der Waals surface area contributed by atoms with Gasteiger partial charge in [0.05, 0.1) is 10.9 Å². The zero-order valence-electron chi connectivity index (χ0n) is 13.3. The third-order valence-corrected chi connectivity index (χ3v) is 3.26. The standard InChI is InChI=1S/C18H18FN3O/c1-18(2,3)23-16-14-10-12(11-4-7-13(19)8-5-11)6-9-15(14)21-17(20)22-16/h4-10H,1-3H3,(H2,20,21,22). The minimum absolute atomic E-state index is 0.172. The molecule has 3 rings (SSSR count). The van der Waals surface area contributed by atoms with E-state index in [2.05, 4.69) is 9.97 Å². The van der Waals surface area contributed by atoms with Gasteiger partial charge in [-0.2, -0.15) is 4.98 Å². The van der Waals surface area contributed by atoms with E-state index < -0.39 is 5.60 Å². The number of hydrogen-bond acceptors (Lipinski definition) is 4. The molecule has 23 heavy (non-hydrogen) atoms. The summed E-state index contributed by atoms with van der Waals surface area (Å²) >= 11 is 0. The highest BCUT2D eigenvalue weighted by molar-refractivity contribution is 5.89. The Morgan fingerprint density at radius 3 is 2.26 bits per heavy atom. The molecule has 1 heterocycles. The lowest BCUT2D eigenvalue weighted by Crippen LogP contribution is -2.24. The SMILES string of the molecule is CC(C)(C)Oc1nc(N)nc2ccc(-c3ccc(F)cc3)cc12. The number of benzene rings is 2. The Balaban J connectivity index is 2.15. The van der Waals surface area contributed by atoms with Gasteiger partial charge in [-0.15, -0.1) is 0 Å². The Hall–Kier alpha value is -2.69. The zero-order valence-corrected chi connectivity index (χ0v) is 13.3. The van der Waals surface area contributed by atoms with Gasteiger partial charge in [-0.3, -0.25) is 0 Å². The monoisotopic (exact) mass is 311 g/mol. The molecule has 0 radical (unpaired) electrons. The van der Waals surface area contributed by atoms with Gasteiger partial charge >= 0.3 is 0 Å². The molecule has 118 valence electrons. The zero-order chi connectivity index (χ0) is 16.6. The molecule has 0 aliphatic carbocycles. The predicted octanol–water partition coefficient (Wildman–Crippen LogP) is 4.20. The van der Waals surface area contributed by atoms with E-state index in [0.29, 0.717) is 11.4 Å². The lowest BCUT2D eigenvalue weighted by atomic mass is 10.0. The van der Waals surface area contributed by atoms with E-state index in [4.69, 9.17) is 10.5 Å². The highest BCUT2D eigenvalue weighted by Gasteiger charge is 2.17. The maximum absolute atomic E-state index is 13.1. The van der Waals surface area contributed by atoms with Crippen molar-refractivity contribution in [2.24, 2.45) is 0 Å². The van der Waals surface area contributed by atoms with Crippen molar-refractivity contribution in [3.05, 3.63) is 48.3 Å². The minimum Gasteiger partial charge on any atom is -0.471 e. The van der Waals surface area contributed by atoms with Crippen molar-refractivity contribution in [3.63, 3.8) is 0 Å². The molecule has 4 nitrogen and oxygen atoms in total. The van der Waals surface area contributed by atoms with Crippen LogP contribution in [0, 0.1) is 5.82 Å². The molecule has 0 saturated carbocycles. The Bertz CT molecular complexity index is 855. The van der Waals surface area contributed by atoms with E-state index in [0.717, 1.165) is 16.5 Å². The van der Waals surface area contributed by atoms with E-state index in [9.17, 15) is 4.39 Å². The average molecular weight is 311 g/mol. The number of halogens is 1. The van der Waals surface area contributed by atoms with Gasteiger partial charge in [-0.05, 0) is 56.2 Å². The summed E-state index contributed by atoms with van der Waals surface area (Å²) in [5, 5.41) is 0.774. The number of ether oxygens (including phenoxy) is 1. The number of nitrogen functional groups attached to an aromatic ring is 1. The Kier molecular flexibility index (Phi) is 3.64. The van der Waals surface area contributed by atoms with Crippen LogP contribution < -0.4 is 10.5 Å². The molecule has 0 bridgehead atoms. The molecule has 0 aliphatic heterocycles. The summed E-state index contributed by atoms with van der Waals surface area (Å²) in [4.78, 5) is 8.46.